The molecule has 2 unspecified atom stereocenters. The van der Waals surface area contributed by atoms with Gasteiger partial charge in [0.25, 0.3) is 0 Å². The van der Waals surface area contributed by atoms with E-state index in [2.05, 4.69) is 11.4 Å². The summed E-state index contributed by atoms with van der Waals surface area (Å²) in [7, 11) is 3.21. The molecule has 2 atom stereocenters. The second-order valence-corrected chi connectivity index (χ2v) is 9.09. The van der Waals surface area contributed by atoms with Crippen molar-refractivity contribution < 1.29 is 19.1 Å². The van der Waals surface area contributed by atoms with Crippen molar-refractivity contribution in [3.63, 3.8) is 0 Å². The van der Waals surface area contributed by atoms with Crippen LogP contribution in [0.3, 0.4) is 0 Å². The van der Waals surface area contributed by atoms with Crippen molar-refractivity contribution in [3.8, 4) is 0 Å². The minimum absolute atomic E-state index is 0.0128. The lowest BCUT2D eigenvalue weighted by Crippen LogP contribution is -2.37. The molecule has 3 N–H and O–H groups in total. The van der Waals surface area contributed by atoms with Crippen molar-refractivity contribution in [1.29, 1.82) is 0 Å². The molecule has 3 aliphatic rings. The van der Waals surface area contributed by atoms with E-state index < -0.39 is 0 Å². The number of methoxy groups -OCH3 is 2. The monoisotopic (exact) mass is 431 g/mol. The molecule has 0 radical (unpaired) electrons. The molecule has 1 saturated carbocycles. The Morgan fingerprint density at radius 3 is 2.90 bits per heavy atom. The maximum absolute atomic E-state index is 13.0. The number of hydrogen-bond donors (Lipinski definition) is 2. The van der Waals surface area contributed by atoms with Gasteiger partial charge in [0.05, 0.1) is 13.7 Å². The average molecular weight is 432 g/mol. The Morgan fingerprint density at radius 2 is 2.17 bits per heavy atom. The van der Waals surface area contributed by atoms with E-state index in [0.717, 1.165) is 46.9 Å². The molecule has 4 rings (SSSR count). The van der Waals surface area contributed by atoms with Gasteiger partial charge >= 0.3 is 0 Å². The van der Waals surface area contributed by atoms with Crippen LogP contribution in [0.2, 0.25) is 0 Å². The van der Waals surface area contributed by atoms with Crippen molar-refractivity contribution in [1.82, 2.24) is 4.90 Å². The van der Waals surface area contributed by atoms with E-state index in [-0.39, 0.29) is 30.3 Å². The lowest BCUT2D eigenvalue weighted by molar-refractivity contribution is -0.136. The minimum Gasteiger partial charge on any atom is -0.497 e. The molecule has 0 spiro atoms. The van der Waals surface area contributed by atoms with E-state index in [4.69, 9.17) is 15.2 Å². The van der Waals surface area contributed by atoms with Crippen LogP contribution < -0.4 is 11.1 Å². The minimum atomic E-state index is -0.0130. The molecule has 1 aromatic heterocycles. The zero-order valence-electron chi connectivity index (χ0n) is 17.5. The van der Waals surface area contributed by atoms with Crippen molar-refractivity contribution in [3.05, 3.63) is 39.5 Å². The van der Waals surface area contributed by atoms with Crippen LogP contribution >= 0.6 is 11.3 Å². The maximum atomic E-state index is 13.0. The molecule has 30 heavy (non-hydrogen) atoms. The number of allylic oxidation sites excluding steroid dienone is 3. The predicted molar refractivity (Wildman–Crippen MR) is 116 cm³/mol. The molecule has 162 valence electrons. The quantitative estimate of drug-likeness (QED) is 0.692. The number of fused-ring (bicyclic) bond motifs is 1. The lowest BCUT2D eigenvalue weighted by Gasteiger charge is -2.27. The third-order valence-corrected chi connectivity index (χ3v) is 7.36. The summed E-state index contributed by atoms with van der Waals surface area (Å²) < 4.78 is 10.5. The number of nitrogens with one attached hydrogen (secondary N) is 1. The summed E-state index contributed by atoms with van der Waals surface area (Å²) in [5.41, 5.74) is 9.49. The summed E-state index contributed by atoms with van der Waals surface area (Å²) in [6.07, 6.45) is 7.71. The molecular formula is C22H29N3O4S. The molecular weight excluding hydrogens is 402 g/mol. The van der Waals surface area contributed by atoms with Crippen LogP contribution in [-0.4, -0.2) is 44.1 Å². The third kappa shape index (κ3) is 4.04. The highest BCUT2D eigenvalue weighted by atomic mass is 32.1. The van der Waals surface area contributed by atoms with Crippen LogP contribution in [0, 0.1) is 11.8 Å². The van der Waals surface area contributed by atoms with Gasteiger partial charge in [0.15, 0.2) is 0 Å². The van der Waals surface area contributed by atoms with E-state index in [9.17, 15) is 9.59 Å². The summed E-state index contributed by atoms with van der Waals surface area (Å²) in [6, 6.07) is 0. The molecule has 2 amide bonds. The van der Waals surface area contributed by atoms with E-state index in [0.29, 0.717) is 19.6 Å². The molecule has 0 saturated heterocycles. The lowest BCUT2D eigenvalue weighted by atomic mass is 9.98. The van der Waals surface area contributed by atoms with Crippen LogP contribution in [0.15, 0.2) is 23.5 Å². The number of thiophene rings is 1. The van der Waals surface area contributed by atoms with Gasteiger partial charge in [-0.2, -0.15) is 0 Å². The van der Waals surface area contributed by atoms with Crippen LogP contribution in [0.5, 0.6) is 0 Å². The zero-order valence-corrected chi connectivity index (χ0v) is 18.3. The second kappa shape index (κ2) is 8.91. The first-order valence-corrected chi connectivity index (χ1v) is 11.2. The SMILES string of the molecule is COCC(=O)N1CCc2c(sc(NC(=O)C3CC3C3=C(OC)C=CCC3)c2CN)C1. The fraction of sp³-hybridized carbons (Fsp3) is 0.545. The largest absolute Gasteiger partial charge is 0.497 e. The number of amides is 2. The Bertz CT molecular complexity index is 904. The smallest absolute Gasteiger partial charge is 0.248 e. The molecule has 7 nitrogen and oxygen atoms in total. The Kier molecular flexibility index (Phi) is 6.26. The fourth-order valence-corrected chi connectivity index (χ4v) is 5.81. The van der Waals surface area contributed by atoms with Gasteiger partial charge in [0, 0.05) is 36.6 Å². The molecule has 0 aromatic carbocycles. The predicted octanol–water partition coefficient (Wildman–Crippen LogP) is 2.56. The highest BCUT2D eigenvalue weighted by Crippen LogP contribution is 2.49. The number of hydrogen-bond acceptors (Lipinski definition) is 6. The number of carbonyl (C=O) groups is 2. The highest BCUT2D eigenvalue weighted by Gasteiger charge is 2.46. The van der Waals surface area contributed by atoms with Crippen LogP contribution in [-0.2, 0) is 38.6 Å². The standard InChI is InChI=1S/C22H29N3O4S/c1-28-12-20(26)25-8-7-14-17(10-23)22(30-19(14)11-25)24-21(27)16-9-15(16)13-5-3-4-6-18(13)29-2/h4,6,15-16H,3,5,7-12,23H2,1-2H3,(H,24,27). The molecule has 8 heteroatoms. The van der Waals surface area contributed by atoms with Gasteiger partial charge in [-0.3, -0.25) is 9.59 Å². The topological polar surface area (TPSA) is 93.9 Å². The van der Waals surface area contributed by atoms with Gasteiger partial charge < -0.3 is 25.4 Å². The Morgan fingerprint density at radius 1 is 1.33 bits per heavy atom. The summed E-state index contributed by atoms with van der Waals surface area (Å²) >= 11 is 1.55. The van der Waals surface area contributed by atoms with Crippen molar-refractivity contribution in [2.45, 2.75) is 38.8 Å². The Hall–Kier alpha value is -2.16. The molecule has 1 fully saturated rings. The molecule has 1 aliphatic heterocycles. The van der Waals surface area contributed by atoms with Gasteiger partial charge in [-0.15, -0.1) is 11.3 Å². The number of anilines is 1. The van der Waals surface area contributed by atoms with E-state index >= 15 is 0 Å². The number of nitrogens with zero attached hydrogens (tertiary/aromatic N) is 1. The fourth-order valence-electron chi connectivity index (χ4n) is 4.51. The van der Waals surface area contributed by atoms with Gasteiger partial charge in [-0.1, -0.05) is 6.08 Å². The highest BCUT2D eigenvalue weighted by molar-refractivity contribution is 7.16. The van der Waals surface area contributed by atoms with E-state index in [1.165, 1.54) is 18.2 Å². The van der Waals surface area contributed by atoms with E-state index in [1.54, 1.807) is 23.3 Å². The number of ether oxygens (including phenoxy) is 2. The Balaban J connectivity index is 1.46. The first kappa shape index (κ1) is 21.1. The van der Waals surface area contributed by atoms with Gasteiger partial charge in [0.1, 0.15) is 17.4 Å². The third-order valence-electron chi connectivity index (χ3n) is 6.19. The molecule has 2 aliphatic carbocycles. The van der Waals surface area contributed by atoms with Gasteiger partial charge in [0.2, 0.25) is 11.8 Å². The van der Waals surface area contributed by atoms with Crippen molar-refractivity contribution >= 4 is 28.2 Å². The first-order chi connectivity index (χ1) is 14.6. The van der Waals surface area contributed by atoms with Gasteiger partial charge in [-0.25, -0.2) is 0 Å². The number of nitrogens with two attached hydrogens (primary N) is 1. The zero-order chi connectivity index (χ0) is 21.3. The maximum Gasteiger partial charge on any atom is 0.248 e. The van der Waals surface area contributed by atoms with E-state index in [1.807, 2.05) is 6.08 Å². The summed E-state index contributed by atoms with van der Waals surface area (Å²) in [4.78, 5) is 28.0. The van der Waals surface area contributed by atoms with Gasteiger partial charge in [-0.05, 0) is 48.8 Å². The summed E-state index contributed by atoms with van der Waals surface area (Å²) in [5.74, 6) is 1.21. The first-order valence-electron chi connectivity index (χ1n) is 10.4. The average Bonchev–Trinajstić information content (AvgIpc) is 3.49. The normalized spacial score (nSPS) is 22.7. The second-order valence-electron chi connectivity index (χ2n) is 7.99. The van der Waals surface area contributed by atoms with Crippen molar-refractivity contribution in [2.24, 2.45) is 17.6 Å². The van der Waals surface area contributed by atoms with Crippen LogP contribution in [0.1, 0.15) is 35.3 Å². The molecule has 1 aromatic rings. The summed E-state index contributed by atoms with van der Waals surface area (Å²) in [5, 5.41) is 3.98. The molecule has 2 heterocycles. The summed E-state index contributed by atoms with van der Waals surface area (Å²) in [6.45, 7) is 1.67. The van der Waals surface area contributed by atoms with Crippen LogP contribution in [0.4, 0.5) is 5.00 Å². The van der Waals surface area contributed by atoms with Crippen molar-refractivity contribution in [2.75, 3.05) is 32.7 Å². The number of rotatable bonds is 7. The number of carbonyl (C=O) groups excluding carboxylic acids is 2. The Labute approximate surface area is 180 Å². The molecule has 0 bridgehead atoms. The van der Waals surface area contributed by atoms with Crippen LogP contribution in [0.25, 0.3) is 0 Å².